The molecule has 3 N–H and O–H groups in total. The number of primary amides is 1. The molecule has 1 aromatic rings. The van der Waals surface area contributed by atoms with Crippen LogP contribution in [0.2, 0.25) is 0 Å². The van der Waals surface area contributed by atoms with Gasteiger partial charge in [0.05, 0.1) is 6.10 Å². The summed E-state index contributed by atoms with van der Waals surface area (Å²) in [7, 11) is 0. The van der Waals surface area contributed by atoms with Crippen LogP contribution in [0.3, 0.4) is 0 Å². The highest BCUT2D eigenvalue weighted by Gasteiger charge is 2.32. The van der Waals surface area contributed by atoms with Gasteiger partial charge in [-0.25, -0.2) is 0 Å². The lowest BCUT2D eigenvalue weighted by atomic mass is 9.93. The molecule has 1 heterocycles. The number of fused-ring (bicyclic) bond motifs is 1. The van der Waals surface area contributed by atoms with Gasteiger partial charge in [0.25, 0.3) is 0 Å². The van der Waals surface area contributed by atoms with E-state index >= 15 is 0 Å². The maximum absolute atomic E-state index is 12.2. The predicted octanol–water partition coefficient (Wildman–Crippen LogP) is 0.586. The molecule has 5 nitrogen and oxygen atoms in total. The molecule has 1 aromatic carbocycles. The molecule has 20 heavy (non-hydrogen) atoms. The van der Waals surface area contributed by atoms with E-state index in [0.717, 1.165) is 11.1 Å². The van der Waals surface area contributed by atoms with E-state index in [1.807, 2.05) is 24.3 Å². The Morgan fingerprint density at radius 2 is 2.05 bits per heavy atom. The molecule has 5 heteroatoms. The second-order valence-electron chi connectivity index (χ2n) is 5.30. The molecule has 0 saturated heterocycles. The highest BCUT2D eigenvalue weighted by molar-refractivity contribution is 5.87. The number of carbonyl (C=O) groups is 2. The van der Waals surface area contributed by atoms with Crippen LogP contribution in [0.15, 0.2) is 24.3 Å². The van der Waals surface area contributed by atoms with Crippen LogP contribution in [0.25, 0.3) is 0 Å². The van der Waals surface area contributed by atoms with Crippen LogP contribution in [0.4, 0.5) is 0 Å². The minimum atomic E-state index is -0.591. The minimum absolute atomic E-state index is 0.135. The van der Waals surface area contributed by atoms with Crippen molar-refractivity contribution in [3.05, 3.63) is 35.4 Å². The van der Waals surface area contributed by atoms with Crippen molar-refractivity contribution in [2.45, 2.75) is 44.9 Å². The first-order valence-electron chi connectivity index (χ1n) is 6.82. The van der Waals surface area contributed by atoms with Gasteiger partial charge in [-0.3, -0.25) is 9.59 Å². The topological polar surface area (TPSA) is 83.6 Å². The van der Waals surface area contributed by atoms with Crippen molar-refractivity contribution in [2.75, 3.05) is 0 Å². The zero-order valence-electron chi connectivity index (χ0n) is 11.6. The van der Waals surface area contributed by atoms with Crippen molar-refractivity contribution >= 4 is 11.8 Å². The van der Waals surface area contributed by atoms with Gasteiger partial charge in [0, 0.05) is 19.4 Å². The molecule has 1 aliphatic heterocycles. The second-order valence-corrected chi connectivity index (χ2v) is 5.30. The number of aliphatic hydroxyl groups is 1. The minimum Gasteiger partial charge on any atom is -0.393 e. The molecule has 0 fully saturated rings. The van der Waals surface area contributed by atoms with E-state index in [9.17, 15) is 14.7 Å². The third-order valence-electron chi connectivity index (χ3n) is 3.67. The largest absolute Gasteiger partial charge is 0.393 e. The lowest BCUT2D eigenvalue weighted by Crippen LogP contribution is -2.51. The summed E-state index contributed by atoms with van der Waals surface area (Å²) < 4.78 is 0. The summed E-state index contributed by atoms with van der Waals surface area (Å²) in [6.07, 6.45) is 0.556. The molecular weight excluding hydrogens is 256 g/mol. The van der Waals surface area contributed by atoms with Gasteiger partial charge in [0.2, 0.25) is 11.8 Å². The molecule has 1 aliphatic rings. The molecule has 108 valence electrons. The van der Waals surface area contributed by atoms with Crippen LogP contribution in [0, 0.1) is 0 Å². The van der Waals surface area contributed by atoms with Gasteiger partial charge in [0.15, 0.2) is 0 Å². The van der Waals surface area contributed by atoms with Gasteiger partial charge < -0.3 is 15.7 Å². The zero-order valence-corrected chi connectivity index (χ0v) is 11.6. The number of nitrogens with two attached hydrogens (primary N) is 1. The molecular formula is C15H20N2O3. The van der Waals surface area contributed by atoms with Crippen molar-refractivity contribution in [2.24, 2.45) is 5.73 Å². The van der Waals surface area contributed by atoms with Crippen LogP contribution in [0.1, 0.15) is 30.9 Å². The molecule has 0 saturated carbocycles. The number of amides is 2. The van der Waals surface area contributed by atoms with Crippen molar-refractivity contribution in [3.63, 3.8) is 0 Å². The third kappa shape index (κ3) is 3.17. The van der Waals surface area contributed by atoms with Gasteiger partial charge >= 0.3 is 0 Å². The first-order valence-corrected chi connectivity index (χ1v) is 6.82. The van der Waals surface area contributed by atoms with E-state index in [4.69, 9.17) is 5.73 Å². The van der Waals surface area contributed by atoms with Crippen molar-refractivity contribution in [1.82, 2.24) is 4.90 Å². The highest BCUT2D eigenvalue weighted by atomic mass is 16.3. The molecule has 0 aliphatic carbocycles. The Morgan fingerprint density at radius 3 is 2.65 bits per heavy atom. The molecule has 2 atom stereocenters. The molecule has 0 bridgehead atoms. The summed E-state index contributed by atoms with van der Waals surface area (Å²) in [5, 5.41) is 9.27. The first-order chi connectivity index (χ1) is 9.49. The Kier molecular flexibility index (Phi) is 4.39. The standard InChI is InChI=1S/C15H20N2O3/c1-10(18)6-7-14(19)17-9-12-5-3-2-4-11(12)8-13(17)15(16)20/h2-5,10,13,18H,6-9H2,1H3,(H2,16,20)/t10?,13-/m0/s1. The summed E-state index contributed by atoms with van der Waals surface area (Å²) in [5.41, 5.74) is 7.54. The summed E-state index contributed by atoms with van der Waals surface area (Å²) in [4.78, 5) is 25.4. The number of nitrogens with zero attached hydrogens (tertiary/aromatic N) is 1. The Labute approximate surface area is 118 Å². The maximum atomic E-state index is 12.2. The highest BCUT2D eigenvalue weighted by Crippen LogP contribution is 2.24. The SMILES string of the molecule is CC(O)CCC(=O)N1Cc2ccccc2C[C@H]1C(N)=O. The molecule has 0 spiro atoms. The molecule has 1 unspecified atom stereocenters. The van der Waals surface area contributed by atoms with E-state index in [-0.39, 0.29) is 12.3 Å². The average Bonchev–Trinajstić information content (AvgIpc) is 2.43. The van der Waals surface area contributed by atoms with E-state index in [0.29, 0.717) is 19.4 Å². The summed E-state index contributed by atoms with van der Waals surface area (Å²) in [6, 6.07) is 7.17. The lowest BCUT2D eigenvalue weighted by Gasteiger charge is -2.35. The van der Waals surface area contributed by atoms with Gasteiger partial charge in [-0.15, -0.1) is 0 Å². The Hall–Kier alpha value is -1.88. The first kappa shape index (κ1) is 14.5. The molecule has 2 rings (SSSR count). The molecule has 2 amide bonds. The van der Waals surface area contributed by atoms with Gasteiger partial charge in [-0.2, -0.15) is 0 Å². The number of hydrogen-bond acceptors (Lipinski definition) is 3. The van der Waals surface area contributed by atoms with Crippen LogP contribution in [-0.4, -0.2) is 34.0 Å². The number of aliphatic hydroxyl groups excluding tert-OH is 1. The van der Waals surface area contributed by atoms with Gasteiger partial charge in [0.1, 0.15) is 6.04 Å². The average molecular weight is 276 g/mol. The van der Waals surface area contributed by atoms with Crippen LogP contribution in [-0.2, 0) is 22.6 Å². The normalized spacial score (nSPS) is 19.3. The van der Waals surface area contributed by atoms with Crippen molar-refractivity contribution in [1.29, 1.82) is 0 Å². The predicted molar refractivity (Wildman–Crippen MR) is 74.6 cm³/mol. The van der Waals surface area contributed by atoms with E-state index in [1.54, 1.807) is 6.92 Å². The second kappa shape index (κ2) is 6.05. The van der Waals surface area contributed by atoms with Crippen molar-refractivity contribution < 1.29 is 14.7 Å². The van der Waals surface area contributed by atoms with Gasteiger partial charge in [-0.1, -0.05) is 24.3 Å². The van der Waals surface area contributed by atoms with Crippen LogP contribution >= 0.6 is 0 Å². The number of hydrogen-bond donors (Lipinski definition) is 2. The Bertz CT molecular complexity index is 514. The lowest BCUT2D eigenvalue weighted by molar-refractivity contribution is -0.141. The third-order valence-corrected chi connectivity index (χ3v) is 3.67. The molecule has 0 radical (unpaired) electrons. The van der Waals surface area contributed by atoms with E-state index in [2.05, 4.69) is 0 Å². The van der Waals surface area contributed by atoms with Crippen molar-refractivity contribution in [3.8, 4) is 0 Å². The smallest absolute Gasteiger partial charge is 0.240 e. The fourth-order valence-corrected chi connectivity index (χ4v) is 2.52. The maximum Gasteiger partial charge on any atom is 0.240 e. The number of benzene rings is 1. The quantitative estimate of drug-likeness (QED) is 0.844. The summed E-state index contributed by atoms with van der Waals surface area (Å²) >= 11 is 0. The summed E-state index contributed by atoms with van der Waals surface area (Å²) in [5.74, 6) is -0.617. The monoisotopic (exact) mass is 276 g/mol. The fraction of sp³-hybridized carbons (Fsp3) is 0.467. The van der Waals surface area contributed by atoms with E-state index < -0.39 is 18.1 Å². The fourth-order valence-electron chi connectivity index (χ4n) is 2.52. The number of carbonyl (C=O) groups excluding carboxylic acids is 2. The van der Waals surface area contributed by atoms with Gasteiger partial charge in [-0.05, 0) is 24.5 Å². The van der Waals surface area contributed by atoms with E-state index in [1.165, 1.54) is 4.90 Å². The Morgan fingerprint density at radius 1 is 1.40 bits per heavy atom. The molecule has 0 aromatic heterocycles. The zero-order chi connectivity index (χ0) is 14.7. The Balaban J connectivity index is 2.18. The number of rotatable bonds is 4. The van der Waals surface area contributed by atoms with Crippen LogP contribution in [0.5, 0.6) is 0 Å². The van der Waals surface area contributed by atoms with Crippen LogP contribution < -0.4 is 5.73 Å². The summed E-state index contributed by atoms with van der Waals surface area (Å²) in [6.45, 7) is 2.05.